The van der Waals surface area contributed by atoms with Crippen LogP contribution in [0.3, 0.4) is 0 Å². The molecule has 0 aliphatic carbocycles. The Labute approximate surface area is 112 Å². The Morgan fingerprint density at radius 2 is 2.32 bits per heavy atom. The highest BCUT2D eigenvalue weighted by atomic mass is 32.1. The largest absolute Gasteiger partial charge is 0.330 e. The van der Waals surface area contributed by atoms with Crippen LogP contribution < -0.4 is 5.32 Å². The van der Waals surface area contributed by atoms with Gasteiger partial charge in [-0.1, -0.05) is 11.3 Å². The van der Waals surface area contributed by atoms with E-state index in [1.54, 1.807) is 10.7 Å². The summed E-state index contributed by atoms with van der Waals surface area (Å²) >= 11 is 1.53. The fraction of sp³-hybridized carbons (Fsp3) is 0.0833. The molecule has 7 heteroatoms. The van der Waals surface area contributed by atoms with Gasteiger partial charge in [-0.25, -0.2) is 9.50 Å². The lowest BCUT2D eigenvalue weighted by Crippen LogP contribution is -1.90. The number of anilines is 2. The Hall–Kier alpha value is -2.41. The zero-order valence-corrected chi connectivity index (χ0v) is 10.9. The van der Waals surface area contributed by atoms with E-state index in [1.165, 1.54) is 11.3 Å². The second-order valence-corrected chi connectivity index (χ2v) is 5.27. The quantitative estimate of drug-likeness (QED) is 0.587. The van der Waals surface area contributed by atoms with Crippen LogP contribution in [-0.4, -0.2) is 24.8 Å². The van der Waals surface area contributed by atoms with Gasteiger partial charge in [0.05, 0.1) is 23.6 Å². The van der Waals surface area contributed by atoms with Crippen LogP contribution in [0.4, 0.5) is 10.8 Å². The summed E-state index contributed by atoms with van der Waals surface area (Å²) in [6, 6.07) is 6.03. The third-order valence-corrected chi connectivity index (χ3v) is 3.69. The highest BCUT2D eigenvalue weighted by molar-refractivity contribution is 7.20. The van der Waals surface area contributed by atoms with E-state index in [9.17, 15) is 0 Å². The fourth-order valence-corrected chi connectivity index (χ4v) is 2.85. The molecule has 0 radical (unpaired) electrons. The minimum absolute atomic E-state index is 0.824. The minimum atomic E-state index is 0.824. The molecule has 4 aromatic rings. The molecule has 3 heterocycles. The molecule has 0 aliphatic rings. The molecule has 0 aliphatic heterocycles. The summed E-state index contributed by atoms with van der Waals surface area (Å²) in [7, 11) is 0. The first kappa shape index (κ1) is 10.5. The topological polar surface area (TPSA) is 70.9 Å². The first-order valence-corrected chi connectivity index (χ1v) is 6.62. The number of hydrogen-bond donors (Lipinski definition) is 2. The second-order valence-electron chi connectivity index (χ2n) is 4.31. The van der Waals surface area contributed by atoms with Crippen molar-refractivity contribution < 1.29 is 0 Å². The van der Waals surface area contributed by atoms with Crippen molar-refractivity contribution in [1.29, 1.82) is 0 Å². The average molecular weight is 270 g/mol. The molecule has 0 bridgehead atoms. The van der Waals surface area contributed by atoms with Gasteiger partial charge in [0.25, 0.3) is 0 Å². The van der Waals surface area contributed by atoms with Crippen LogP contribution >= 0.6 is 11.3 Å². The second kappa shape index (κ2) is 3.79. The number of rotatable bonds is 2. The summed E-state index contributed by atoms with van der Waals surface area (Å²) < 4.78 is 1.79. The van der Waals surface area contributed by atoms with Gasteiger partial charge in [0, 0.05) is 11.1 Å². The molecule has 0 unspecified atom stereocenters. The molecule has 0 amide bonds. The van der Waals surface area contributed by atoms with Crippen LogP contribution in [-0.2, 0) is 0 Å². The van der Waals surface area contributed by atoms with Crippen molar-refractivity contribution in [1.82, 2.24) is 24.8 Å². The van der Waals surface area contributed by atoms with Crippen LogP contribution in [0, 0.1) is 6.92 Å². The number of fused-ring (bicyclic) bond motifs is 2. The number of hydrogen-bond acceptors (Lipinski definition) is 5. The van der Waals surface area contributed by atoms with Gasteiger partial charge in [0.15, 0.2) is 0 Å². The Morgan fingerprint density at radius 3 is 3.21 bits per heavy atom. The van der Waals surface area contributed by atoms with Crippen LogP contribution in [0.5, 0.6) is 0 Å². The summed E-state index contributed by atoms with van der Waals surface area (Å²) in [5.74, 6) is 0. The van der Waals surface area contributed by atoms with Gasteiger partial charge >= 0.3 is 0 Å². The van der Waals surface area contributed by atoms with E-state index in [1.807, 2.05) is 31.3 Å². The Balaban J connectivity index is 1.70. The standard InChI is InChI=1S/C12H10N6S/c1-7-6-18-12(14-7)19-11(17-18)15-9-2-3-10-8(4-9)5-13-16-10/h2-6H,1H3,(H,13,16)(H,15,17). The van der Waals surface area contributed by atoms with Gasteiger partial charge in [-0.2, -0.15) is 5.10 Å². The number of nitrogens with zero attached hydrogens (tertiary/aromatic N) is 4. The highest BCUT2D eigenvalue weighted by Gasteiger charge is 2.06. The normalized spacial score (nSPS) is 11.4. The number of benzene rings is 1. The third kappa shape index (κ3) is 1.75. The number of H-pyrrole nitrogens is 1. The number of aromatic amines is 1. The lowest BCUT2D eigenvalue weighted by atomic mass is 10.2. The monoisotopic (exact) mass is 270 g/mol. The summed E-state index contributed by atoms with van der Waals surface area (Å²) in [5, 5.41) is 16.6. The lowest BCUT2D eigenvalue weighted by Gasteiger charge is -2.01. The summed E-state index contributed by atoms with van der Waals surface area (Å²) in [6.45, 7) is 1.96. The van der Waals surface area contributed by atoms with Crippen LogP contribution in [0.2, 0.25) is 0 Å². The molecule has 0 saturated heterocycles. The Morgan fingerprint density at radius 1 is 1.37 bits per heavy atom. The highest BCUT2D eigenvalue weighted by Crippen LogP contribution is 2.24. The average Bonchev–Trinajstić information content (AvgIpc) is 3.02. The van der Waals surface area contributed by atoms with Gasteiger partial charge < -0.3 is 5.32 Å². The van der Waals surface area contributed by atoms with E-state index in [4.69, 9.17) is 0 Å². The predicted octanol–water partition coefficient (Wildman–Crippen LogP) is 2.72. The molecule has 6 nitrogen and oxygen atoms in total. The molecular weight excluding hydrogens is 260 g/mol. The summed E-state index contributed by atoms with van der Waals surface area (Å²) in [5.41, 5.74) is 2.99. The van der Waals surface area contributed by atoms with Crippen LogP contribution in [0.15, 0.2) is 30.6 Å². The number of aromatic nitrogens is 5. The van der Waals surface area contributed by atoms with Gasteiger partial charge in [-0.05, 0) is 25.1 Å². The first-order chi connectivity index (χ1) is 9.28. The van der Waals surface area contributed by atoms with Crippen molar-refractivity contribution in [3.05, 3.63) is 36.3 Å². The maximum absolute atomic E-state index is 4.43. The predicted molar refractivity (Wildman–Crippen MR) is 75.0 cm³/mol. The smallest absolute Gasteiger partial charge is 0.214 e. The number of imidazole rings is 1. The van der Waals surface area contributed by atoms with Gasteiger partial charge in [0.2, 0.25) is 10.1 Å². The third-order valence-electron chi connectivity index (χ3n) is 2.86. The van der Waals surface area contributed by atoms with E-state index in [2.05, 4.69) is 25.6 Å². The Kier molecular flexibility index (Phi) is 2.10. The van der Waals surface area contributed by atoms with Gasteiger partial charge in [-0.15, -0.1) is 5.10 Å². The molecule has 0 spiro atoms. The van der Waals surface area contributed by atoms with E-state index in [0.29, 0.717) is 0 Å². The van der Waals surface area contributed by atoms with E-state index in [-0.39, 0.29) is 0 Å². The summed E-state index contributed by atoms with van der Waals surface area (Å²) in [6.07, 6.45) is 3.72. The molecule has 3 aromatic heterocycles. The zero-order chi connectivity index (χ0) is 12.8. The minimum Gasteiger partial charge on any atom is -0.330 e. The molecule has 0 saturated carbocycles. The molecule has 94 valence electrons. The molecular formula is C12H10N6S. The summed E-state index contributed by atoms with van der Waals surface area (Å²) in [4.78, 5) is 5.27. The maximum atomic E-state index is 4.43. The van der Waals surface area contributed by atoms with E-state index >= 15 is 0 Å². The SMILES string of the molecule is Cc1cn2nc(Nc3ccc4[nH]ncc4c3)sc2n1. The van der Waals surface area contributed by atoms with Crippen molar-refractivity contribution in [2.24, 2.45) is 0 Å². The molecule has 0 atom stereocenters. The molecule has 19 heavy (non-hydrogen) atoms. The molecule has 1 aromatic carbocycles. The van der Waals surface area contributed by atoms with Crippen LogP contribution in [0.1, 0.15) is 5.69 Å². The zero-order valence-electron chi connectivity index (χ0n) is 10.1. The van der Waals surface area contributed by atoms with Crippen molar-refractivity contribution >= 4 is 38.0 Å². The van der Waals surface area contributed by atoms with E-state index in [0.717, 1.165) is 32.4 Å². The maximum Gasteiger partial charge on any atom is 0.214 e. The van der Waals surface area contributed by atoms with Crippen molar-refractivity contribution in [2.75, 3.05) is 5.32 Å². The first-order valence-electron chi connectivity index (χ1n) is 5.81. The number of aryl methyl sites for hydroxylation is 1. The van der Waals surface area contributed by atoms with Gasteiger partial charge in [-0.3, -0.25) is 5.10 Å². The van der Waals surface area contributed by atoms with E-state index < -0.39 is 0 Å². The molecule has 4 rings (SSSR count). The van der Waals surface area contributed by atoms with Crippen molar-refractivity contribution in [3.8, 4) is 0 Å². The molecule has 2 N–H and O–H groups in total. The van der Waals surface area contributed by atoms with Gasteiger partial charge in [0.1, 0.15) is 0 Å². The number of nitrogens with one attached hydrogen (secondary N) is 2. The lowest BCUT2D eigenvalue weighted by molar-refractivity contribution is 0.975. The Bertz CT molecular complexity index is 839. The van der Waals surface area contributed by atoms with Crippen molar-refractivity contribution in [3.63, 3.8) is 0 Å². The molecule has 0 fully saturated rings. The van der Waals surface area contributed by atoms with Crippen LogP contribution in [0.25, 0.3) is 15.9 Å². The fourth-order valence-electron chi connectivity index (χ4n) is 2.00. The van der Waals surface area contributed by atoms with Crippen molar-refractivity contribution in [2.45, 2.75) is 6.92 Å².